The van der Waals surface area contributed by atoms with E-state index in [0.717, 1.165) is 0 Å². The Morgan fingerprint density at radius 1 is 1.11 bits per heavy atom. The molecule has 12 heteroatoms. The van der Waals surface area contributed by atoms with Crippen molar-refractivity contribution in [2.24, 2.45) is 0 Å². The summed E-state index contributed by atoms with van der Waals surface area (Å²) in [6, 6.07) is 0. The molecule has 1 heterocycles. The molecule has 0 bridgehead atoms. The van der Waals surface area contributed by atoms with Crippen LogP contribution in [0.2, 0.25) is 0 Å². The number of hydrogen-bond acceptors (Lipinski definition) is 7. The van der Waals surface area contributed by atoms with Gasteiger partial charge in [-0.3, -0.25) is 24.9 Å². The van der Waals surface area contributed by atoms with Crippen molar-refractivity contribution in [3.8, 4) is 0 Å². The highest BCUT2D eigenvalue weighted by Gasteiger charge is 2.38. The molecule has 2 rings (SSSR count). The second-order valence-corrected chi connectivity index (χ2v) is 4.55. The van der Waals surface area contributed by atoms with Gasteiger partial charge in [0.15, 0.2) is 8.95 Å². The van der Waals surface area contributed by atoms with E-state index < -0.39 is 31.2 Å². The Bertz CT molecular complexity index is 697. The number of nitro benzene ring substituents is 2. The van der Waals surface area contributed by atoms with Gasteiger partial charge in [-0.25, -0.2) is 0 Å². The summed E-state index contributed by atoms with van der Waals surface area (Å²) in [4.78, 5) is 19.8. The van der Waals surface area contributed by atoms with Gasteiger partial charge in [0.2, 0.25) is 0 Å². The maximum Gasteiger partial charge on any atom is 0.348 e. The summed E-state index contributed by atoms with van der Waals surface area (Å²) in [5.41, 5.74) is -2.17. The summed E-state index contributed by atoms with van der Waals surface area (Å²) < 4.78 is 3.56. The van der Waals surface area contributed by atoms with E-state index in [1.54, 1.807) is 0 Å². The summed E-state index contributed by atoms with van der Waals surface area (Å²) in [7, 11) is 0. The molecule has 1 aromatic carbocycles. The van der Waals surface area contributed by atoms with Gasteiger partial charge in [0, 0.05) is 0 Å². The number of nitrogens with zero attached hydrogens (tertiary/aromatic N) is 4. The van der Waals surface area contributed by atoms with Gasteiger partial charge in [0.05, 0.1) is 15.0 Å². The molecule has 0 saturated heterocycles. The van der Waals surface area contributed by atoms with Crippen molar-refractivity contribution in [1.82, 2.24) is 5.16 Å². The topological polar surface area (TPSA) is 139 Å². The molecule has 0 aliphatic carbocycles. The quantitative estimate of drug-likeness (QED) is 0.437. The molecular formula is C6Br2N4O6. The maximum absolute atomic E-state index is 11.3. The van der Waals surface area contributed by atoms with Crippen LogP contribution in [0.5, 0.6) is 0 Å². The number of halogens is 2. The lowest BCUT2D eigenvalue weighted by Crippen LogP contribution is -2.23. The minimum Gasteiger partial charge on any atom is -0.359 e. The van der Waals surface area contributed by atoms with Crippen LogP contribution in [0.3, 0.4) is 0 Å². The summed E-state index contributed by atoms with van der Waals surface area (Å²) >= 11 is 5.59. The van der Waals surface area contributed by atoms with E-state index in [4.69, 9.17) is 0 Å². The number of nitro groups is 2. The minimum absolute atomic E-state index is 0.147. The third-order valence-electron chi connectivity index (χ3n) is 2.03. The van der Waals surface area contributed by atoms with Crippen LogP contribution >= 0.6 is 31.9 Å². The first-order valence-corrected chi connectivity index (χ1v) is 5.64. The largest absolute Gasteiger partial charge is 0.359 e. The molecule has 10 nitrogen and oxygen atoms in total. The van der Waals surface area contributed by atoms with Gasteiger partial charge in [-0.2, -0.15) is 0 Å². The van der Waals surface area contributed by atoms with Crippen LogP contribution in [-0.4, -0.2) is 15.0 Å². The molecular weight excluding hydrogens is 384 g/mol. The first kappa shape index (κ1) is 12.6. The summed E-state index contributed by atoms with van der Waals surface area (Å²) in [6.45, 7) is 0. The molecule has 0 unspecified atom stereocenters. The Kier molecular flexibility index (Phi) is 2.90. The lowest BCUT2D eigenvalue weighted by atomic mass is 10.2. The fourth-order valence-electron chi connectivity index (χ4n) is 1.34. The Morgan fingerprint density at radius 2 is 1.67 bits per heavy atom. The molecule has 94 valence electrons. The van der Waals surface area contributed by atoms with E-state index in [9.17, 15) is 25.4 Å². The Balaban J connectivity index is 3.08. The van der Waals surface area contributed by atoms with Gasteiger partial charge < -0.3 is 5.21 Å². The maximum atomic E-state index is 11.3. The van der Waals surface area contributed by atoms with Gasteiger partial charge in [0.25, 0.3) is 5.52 Å². The van der Waals surface area contributed by atoms with Gasteiger partial charge >= 0.3 is 16.9 Å². The lowest BCUT2D eigenvalue weighted by Gasteiger charge is -1.99. The second kappa shape index (κ2) is 4.13. The normalized spacial score (nSPS) is 10.8. The fraction of sp³-hybridized carbons (Fsp3) is 0. The zero-order valence-electron chi connectivity index (χ0n) is 7.99. The predicted molar refractivity (Wildman–Crippen MR) is 61.7 cm³/mol. The van der Waals surface area contributed by atoms with E-state index in [2.05, 4.69) is 41.6 Å². The minimum atomic E-state index is -0.894. The van der Waals surface area contributed by atoms with Crippen LogP contribution in [0.4, 0.5) is 11.4 Å². The SMILES string of the molecule is O=[N+]([O-])c1c(Br)c([N+](=O)[O-])c2no[n+]([O-])c2c1Br. The molecule has 0 amide bonds. The number of rotatable bonds is 2. The van der Waals surface area contributed by atoms with Crippen LogP contribution in [0.15, 0.2) is 13.6 Å². The first-order chi connectivity index (χ1) is 8.36. The average Bonchev–Trinajstić information content (AvgIpc) is 2.59. The van der Waals surface area contributed by atoms with Crippen molar-refractivity contribution in [3.63, 3.8) is 0 Å². The Labute approximate surface area is 113 Å². The van der Waals surface area contributed by atoms with Gasteiger partial charge in [0.1, 0.15) is 0 Å². The third kappa shape index (κ3) is 1.60. The van der Waals surface area contributed by atoms with Crippen LogP contribution in [0.25, 0.3) is 11.0 Å². The highest BCUT2D eigenvalue weighted by atomic mass is 79.9. The number of benzene rings is 1. The predicted octanol–water partition coefficient (Wildman–Crippen LogP) is 1.80. The molecule has 0 radical (unpaired) electrons. The van der Waals surface area contributed by atoms with E-state index in [0.29, 0.717) is 0 Å². The zero-order valence-corrected chi connectivity index (χ0v) is 11.2. The summed E-state index contributed by atoms with van der Waals surface area (Å²) in [5, 5.41) is 36.2. The number of fused-ring (bicyclic) bond motifs is 1. The smallest absolute Gasteiger partial charge is 0.348 e. The first-order valence-electron chi connectivity index (χ1n) is 4.05. The molecule has 0 atom stereocenters. The van der Waals surface area contributed by atoms with Crippen molar-refractivity contribution in [1.29, 1.82) is 0 Å². The average molecular weight is 384 g/mol. The number of hydrogen-bond donors (Lipinski definition) is 0. The molecule has 0 saturated carbocycles. The van der Waals surface area contributed by atoms with Crippen molar-refractivity contribution in [2.75, 3.05) is 0 Å². The molecule has 2 aromatic rings. The molecule has 0 N–H and O–H groups in total. The van der Waals surface area contributed by atoms with Gasteiger partial charge in [-0.05, 0) is 36.8 Å². The summed E-state index contributed by atoms with van der Waals surface area (Å²) in [5.74, 6) is 0. The zero-order chi connectivity index (χ0) is 13.6. The Hall–Kier alpha value is -1.82. The lowest BCUT2D eigenvalue weighted by molar-refractivity contribution is -0.782. The van der Waals surface area contributed by atoms with E-state index in [1.807, 2.05) is 0 Å². The molecule has 1 aromatic heterocycles. The van der Waals surface area contributed by atoms with Gasteiger partial charge in [-0.1, -0.05) is 0 Å². The highest BCUT2D eigenvalue weighted by Crippen LogP contribution is 2.44. The van der Waals surface area contributed by atoms with Crippen LogP contribution in [0, 0.1) is 25.4 Å². The third-order valence-corrected chi connectivity index (χ3v) is 3.54. The standard InChI is InChI=1S/C6Br2N4O6/c7-1-4(10(13)14)2(8)6-3(5(1)11(15)16)9-18-12(6)17. The molecule has 18 heavy (non-hydrogen) atoms. The molecule has 0 fully saturated rings. The van der Waals surface area contributed by atoms with Crippen LogP contribution < -0.4 is 4.90 Å². The molecule has 0 aliphatic heterocycles. The highest BCUT2D eigenvalue weighted by molar-refractivity contribution is 9.11. The van der Waals surface area contributed by atoms with E-state index >= 15 is 0 Å². The molecule has 0 spiro atoms. The number of aromatic nitrogens is 2. The van der Waals surface area contributed by atoms with E-state index in [-0.39, 0.29) is 14.9 Å². The summed E-state index contributed by atoms with van der Waals surface area (Å²) in [6.07, 6.45) is 0. The van der Waals surface area contributed by atoms with Crippen molar-refractivity contribution in [2.45, 2.75) is 0 Å². The van der Waals surface area contributed by atoms with Crippen LogP contribution in [-0.2, 0) is 0 Å². The van der Waals surface area contributed by atoms with Crippen molar-refractivity contribution in [3.05, 3.63) is 34.4 Å². The molecule has 0 aliphatic rings. The van der Waals surface area contributed by atoms with Crippen molar-refractivity contribution < 1.29 is 19.4 Å². The van der Waals surface area contributed by atoms with Gasteiger partial charge in [-0.15, -0.1) is 0 Å². The van der Waals surface area contributed by atoms with Crippen molar-refractivity contribution >= 4 is 54.3 Å². The monoisotopic (exact) mass is 382 g/mol. The Morgan fingerprint density at radius 3 is 2.17 bits per heavy atom. The fourth-order valence-corrected chi connectivity index (χ4v) is 2.96. The van der Waals surface area contributed by atoms with E-state index in [1.165, 1.54) is 0 Å². The van der Waals surface area contributed by atoms with Crippen LogP contribution in [0.1, 0.15) is 0 Å². The second-order valence-electron chi connectivity index (χ2n) is 2.97.